The SMILES string of the molecule is COc1c(OC(=O)C(O)CO)c(OC(=O)C(O)CO)c(C=CC(=O)OOC(=O)C(O)CO)c(OC(=O)C(O)CO)c1OC(=O)C(O)CO.[H-].[Na+]. The predicted octanol–water partition coefficient (Wildman–Crippen LogP) is -9.79. The average Bonchev–Trinajstić information content (AvgIpc) is 3.09. The van der Waals surface area contributed by atoms with Gasteiger partial charge in [-0.25, -0.2) is 38.5 Å². The number of rotatable bonds is 17. The zero-order valence-corrected chi connectivity index (χ0v) is 27.4. The summed E-state index contributed by atoms with van der Waals surface area (Å²) < 4.78 is 24.8. The van der Waals surface area contributed by atoms with Gasteiger partial charge in [0.1, 0.15) is 0 Å². The molecule has 0 aliphatic rings. The average molecular weight is 722 g/mol. The van der Waals surface area contributed by atoms with Gasteiger partial charge in [0.25, 0.3) is 0 Å². The van der Waals surface area contributed by atoms with Gasteiger partial charge in [-0.15, -0.1) is 0 Å². The van der Waals surface area contributed by atoms with Gasteiger partial charge < -0.3 is 76.2 Å². The molecule has 10 N–H and O–H groups in total. The number of hydrogen-bond acceptors (Lipinski definition) is 23. The van der Waals surface area contributed by atoms with Crippen molar-refractivity contribution >= 4 is 41.9 Å². The summed E-state index contributed by atoms with van der Waals surface area (Å²) in [5.74, 6) is -16.6. The van der Waals surface area contributed by atoms with Crippen LogP contribution in [-0.2, 0) is 38.5 Å². The van der Waals surface area contributed by atoms with Gasteiger partial charge in [-0.3, -0.25) is 0 Å². The number of methoxy groups -OCH3 is 1. The van der Waals surface area contributed by atoms with E-state index in [1.165, 1.54) is 0 Å². The molecule has 0 saturated carbocycles. The third-order valence-corrected chi connectivity index (χ3v) is 5.15. The van der Waals surface area contributed by atoms with Crippen molar-refractivity contribution in [3.8, 4) is 28.7 Å². The molecule has 0 spiro atoms. The predicted molar refractivity (Wildman–Crippen MR) is 143 cm³/mol. The summed E-state index contributed by atoms with van der Waals surface area (Å²) in [5.41, 5.74) is -1.07. The van der Waals surface area contributed by atoms with Crippen LogP contribution in [0.15, 0.2) is 6.08 Å². The van der Waals surface area contributed by atoms with Gasteiger partial charge in [0.15, 0.2) is 42.0 Å². The second kappa shape index (κ2) is 22.0. The number of esters is 4. The molecule has 24 heteroatoms. The van der Waals surface area contributed by atoms with E-state index in [-0.39, 0.29) is 37.1 Å². The van der Waals surface area contributed by atoms with E-state index in [1.807, 2.05) is 0 Å². The molecule has 0 radical (unpaired) electrons. The van der Waals surface area contributed by atoms with E-state index in [9.17, 15) is 74.7 Å². The van der Waals surface area contributed by atoms with E-state index in [0.717, 1.165) is 7.11 Å². The van der Waals surface area contributed by atoms with Crippen molar-refractivity contribution < 1.29 is 144 Å². The standard InChI is InChI=1S/C25H30O23.Na.H/c1-42-18-19(45-23(39)12(33)6-28)16(43-21(37)10(31)4-26)9(2-3-15(36)47-48-25(41)14(35)8-30)17(44-22(38)11(32)5-27)20(18)46-24(40)13(34)7-29;;/h2-3,10-14,26-35H,4-8H2,1H3;;/q;+1;-1. The monoisotopic (exact) mass is 722 g/mol. The molecule has 0 fully saturated rings. The summed E-state index contributed by atoms with van der Waals surface area (Å²) in [6.45, 7) is -6.30. The van der Waals surface area contributed by atoms with Gasteiger partial charge in [0.05, 0.1) is 45.7 Å². The maximum atomic E-state index is 12.6. The maximum Gasteiger partial charge on any atom is 1.00 e. The van der Waals surface area contributed by atoms with E-state index >= 15 is 0 Å². The molecular weight excluding hydrogens is 691 g/mol. The van der Waals surface area contributed by atoms with Crippen molar-refractivity contribution in [2.75, 3.05) is 40.1 Å². The summed E-state index contributed by atoms with van der Waals surface area (Å²) in [5, 5.41) is 93.9. The number of carbonyl (C=O) groups is 6. The van der Waals surface area contributed by atoms with Gasteiger partial charge in [-0.2, -0.15) is 0 Å². The molecule has 0 amide bonds. The third kappa shape index (κ3) is 12.9. The van der Waals surface area contributed by atoms with Crippen LogP contribution in [0.3, 0.4) is 0 Å². The maximum absolute atomic E-state index is 12.6. The Balaban J connectivity index is 0. The van der Waals surface area contributed by atoms with Crippen molar-refractivity contribution in [3.63, 3.8) is 0 Å². The van der Waals surface area contributed by atoms with Gasteiger partial charge >= 0.3 is 65.4 Å². The zero-order chi connectivity index (χ0) is 36.7. The minimum atomic E-state index is -2.36. The smallest absolute Gasteiger partial charge is 1.00 e. The fraction of sp³-hybridized carbons (Fsp3) is 0.440. The van der Waals surface area contributed by atoms with Gasteiger partial charge in [-0.05, 0) is 6.08 Å². The number of aliphatic hydroxyl groups excluding tert-OH is 10. The quantitative estimate of drug-likeness (QED) is 0.0178. The van der Waals surface area contributed by atoms with E-state index in [1.54, 1.807) is 0 Å². The Bertz CT molecular complexity index is 1290. The molecule has 5 unspecified atom stereocenters. The van der Waals surface area contributed by atoms with Crippen LogP contribution in [0, 0.1) is 0 Å². The fourth-order valence-corrected chi connectivity index (χ4v) is 2.75. The molecule has 0 bridgehead atoms. The van der Waals surface area contributed by atoms with Gasteiger partial charge in [0.2, 0.25) is 17.2 Å². The molecule has 23 nitrogen and oxygen atoms in total. The van der Waals surface area contributed by atoms with Gasteiger partial charge in [-0.1, -0.05) is 0 Å². The molecule has 1 aromatic rings. The molecular formula is C25H31NaO23. The molecule has 1 rings (SSSR count). The number of carbonyl (C=O) groups excluding carboxylic acids is 6. The fourth-order valence-electron chi connectivity index (χ4n) is 2.75. The summed E-state index contributed by atoms with van der Waals surface area (Å²) in [4.78, 5) is 82.0. The Morgan fingerprint density at radius 3 is 1.14 bits per heavy atom. The zero-order valence-electron chi connectivity index (χ0n) is 26.4. The molecule has 0 aliphatic heterocycles. The Labute approximate surface area is 296 Å². The van der Waals surface area contributed by atoms with Crippen molar-refractivity contribution in [2.24, 2.45) is 0 Å². The first-order valence-corrected chi connectivity index (χ1v) is 12.8. The summed E-state index contributed by atoms with van der Waals surface area (Å²) in [6, 6.07) is 0. The topological polar surface area (TPSA) is 369 Å². The Hall–Kier alpha value is -3.82. The number of hydrogen-bond donors (Lipinski definition) is 10. The molecule has 5 atom stereocenters. The second-order valence-corrected chi connectivity index (χ2v) is 8.58. The Morgan fingerprint density at radius 1 is 0.531 bits per heavy atom. The first-order chi connectivity index (χ1) is 22.6. The van der Waals surface area contributed by atoms with Crippen LogP contribution in [0.25, 0.3) is 6.08 Å². The number of benzene rings is 1. The van der Waals surface area contributed by atoms with Crippen LogP contribution >= 0.6 is 0 Å². The van der Waals surface area contributed by atoms with Gasteiger partial charge in [0, 0.05) is 6.08 Å². The Kier molecular flexibility index (Phi) is 20.3. The van der Waals surface area contributed by atoms with Crippen molar-refractivity contribution in [1.82, 2.24) is 0 Å². The van der Waals surface area contributed by atoms with Crippen LogP contribution in [0.1, 0.15) is 6.99 Å². The normalized spacial score (nSPS) is 13.9. The van der Waals surface area contributed by atoms with E-state index in [4.69, 9.17) is 28.8 Å². The van der Waals surface area contributed by atoms with Crippen LogP contribution in [0.4, 0.5) is 0 Å². The van der Waals surface area contributed by atoms with E-state index < -0.39 is 134 Å². The van der Waals surface area contributed by atoms with Crippen molar-refractivity contribution in [1.29, 1.82) is 0 Å². The molecule has 270 valence electrons. The van der Waals surface area contributed by atoms with Crippen LogP contribution in [0.2, 0.25) is 0 Å². The summed E-state index contributed by atoms with van der Waals surface area (Å²) in [6.07, 6.45) is -10.9. The van der Waals surface area contributed by atoms with Crippen molar-refractivity contribution in [3.05, 3.63) is 11.6 Å². The van der Waals surface area contributed by atoms with E-state index in [2.05, 4.69) is 9.78 Å². The summed E-state index contributed by atoms with van der Waals surface area (Å²) >= 11 is 0. The minimum Gasteiger partial charge on any atom is -1.00 e. The van der Waals surface area contributed by atoms with Crippen molar-refractivity contribution in [2.45, 2.75) is 30.5 Å². The largest absolute Gasteiger partial charge is 1.00 e. The number of aliphatic hydroxyl groups is 10. The molecule has 0 aliphatic carbocycles. The first kappa shape index (κ1) is 45.2. The summed E-state index contributed by atoms with van der Waals surface area (Å²) in [7, 11) is 0.749. The molecule has 49 heavy (non-hydrogen) atoms. The number of ether oxygens (including phenoxy) is 5. The van der Waals surface area contributed by atoms with E-state index in [0.29, 0.717) is 6.08 Å². The van der Waals surface area contributed by atoms with Crippen LogP contribution in [-0.4, -0.2) is 158 Å². The van der Waals surface area contributed by atoms with Crippen LogP contribution < -0.4 is 53.2 Å². The third-order valence-electron chi connectivity index (χ3n) is 5.15. The molecule has 0 aromatic heterocycles. The first-order valence-electron chi connectivity index (χ1n) is 12.8. The minimum absolute atomic E-state index is 0. The van der Waals surface area contributed by atoms with Crippen LogP contribution in [0.5, 0.6) is 28.7 Å². The molecule has 1 aromatic carbocycles. The molecule has 0 heterocycles. The second-order valence-electron chi connectivity index (χ2n) is 8.58. The molecule has 0 saturated heterocycles. The Morgan fingerprint density at radius 2 is 0.837 bits per heavy atom.